The number of rotatable bonds is 5. The van der Waals surface area contributed by atoms with E-state index in [9.17, 15) is 9.59 Å². The standard InChI is InChI=1S/C18H24N4O2/c1-11-7-12(2)20-17(24)15(11)16(23)19-9-18(5-6-18)10-22-14(4)8-13(3)21-22/h7-8H,5-6,9-10H2,1-4H3,(H,19,23)(H,20,24). The minimum absolute atomic E-state index is 0.0598. The molecule has 2 heterocycles. The van der Waals surface area contributed by atoms with Gasteiger partial charge in [-0.25, -0.2) is 0 Å². The van der Waals surface area contributed by atoms with Crippen molar-refractivity contribution in [3.8, 4) is 0 Å². The van der Waals surface area contributed by atoms with E-state index >= 15 is 0 Å². The van der Waals surface area contributed by atoms with Crippen LogP contribution in [0.5, 0.6) is 0 Å². The van der Waals surface area contributed by atoms with Crippen molar-refractivity contribution in [1.29, 1.82) is 0 Å². The predicted molar refractivity (Wildman–Crippen MR) is 92.2 cm³/mol. The molecule has 0 spiro atoms. The van der Waals surface area contributed by atoms with Gasteiger partial charge < -0.3 is 10.3 Å². The monoisotopic (exact) mass is 328 g/mol. The Kier molecular flexibility index (Phi) is 4.07. The molecule has 1 fully saturated rings. The number of hydrogen-bond donors (Lipinski definition) is 2. The van der Waals surface area contributed by atoms with Crippen molar-refractivity contribution >= 4 is 5.91 Å². The van der Waals surface area contributed by atoms with E-state index in [1.54, 1.807) is 6.92 Å². The van der Waals surface area contributed by atoms with E-state index in [0.29, 0.717) is 12.1 Å². The lowest BCUT2D eigenvalue weighted by Gasteiger charge is -2.17. The zero-order valence-electron chi connectivity index (χ0n) is 14.7. The maximum Gasteiger partial charge on any atom is 0.261 e. The summed E-state index contributed by atoms with van der Waals surface area (Å²) in [5, 5.41) is 7.46. The Morgan fingerprint density at radius 3 is 2.54 bits per heavy atom. The van der Waals surface area contributed by atoms with E-state index in [2.05, 4.69) is 21.5 Å². The third kappa shape index (κ3) is 3.27. The summed E-state index contributed by atoms with van der Waals surface area (Å²) in [6, 6.07) is 3.88. The summed E-state index contributed by atoms with van der Waals surface area (Å²) in [7, 11) is 0. The third-order valence-corrected chi connectivity index (χ3v) is 4.76. The molecule has 1 amide bonds. The number of aromatic nitrogens is 3. The van der Waals surface area contributed by atoms with E-state index in [0.717, 1.165) is 36.5 Å². The Hall–Kier alpha value is -2.37. The average Bonchev–Trinajstić information content (AvgIpc) is 3.16. The lowest BCUT2D eigenvalue weighted by molar-refractivity contribution is 0.0940. The SMILES string of the molecule is Cc1cc(C)n(CC2(CNC(=O)c3c(C)cc(C)[nH]c3=O)CC2)n1. The summed E-state index contributed by atoms with van der Waals surface area (Å²) < 4.78 is 2.01. The molecule has 2 aromatic heterocycles. The van der Waals surface area contributed by atoms with Gasteiger partial charge in [0.25, 0.3) is 11.5 Å². The van der Waals surface area contributed by atoms with Crippen LogP contribution in [0.1, 0.15) is 45.8 Å². The fraction of sp³-hybridized carbons (Fsp3) is 0.500. The second-order valence-electron chi connectivity index (χ2n) is 7.11. The Bertz CT molecular complexity index is 843. The molecule has 2 N–H and O–H groups in total. The van der Waals surface area contributed by atoms with Gasteiger partial charge in [-0.2, -0.15) is 5.10 Å². The summed E-state index contributed by atoms with van der Waals surface area (Å²) in [4.78, 5) is 27.2. The van der Waals surface area contributed by atoms with Crippen LogP contribution in [0.4, 0.5) is 0 Å². The second kappa shape index (κ2) is 5.92. The van der Waals surface area contributed by atoms with Gasteiger partial charge in [0.05, 0.1) is 5.69 Å². The first-order valence-electron chi connectivity index (χ1n) is 8.29. The zero-order chi connectivity index (χ0) is 17.5. The van der Waals surface area contributed by atoms with Crippen molar-refractivity contribution in [3.05, 3.63) is 50.7 Å². The quantitative estimate of drug-likeness (QED) is 0.881. The van der Waals surface area contributed by atoms with Crippen molar-refractivity contribution in [2.75, 3.05) is 6.54 Å². The first-order valence-corrected chi connectivity index (χ1v) is 8.29. The Morgan fingerprint density at radius 1 is 1.29 bits per heavy atom. The molecule has 0 aliphatic heterocycles. The van der Waals surface area contributed by atoms with Crippen molar-refractivity contribution in [3.63, 3.8) is 0 Å². The number of nitrogens with one attached hydrogen (secondary N) is 2. The number of carbonyl (C=O) groups is 1. The number of H-pyrrole nitrogens is 1. The van der Waals surface area contributed by atoms with Gasteiger partial charge in [0, 0.05) is 29.9 Å². The smallest absolute Gasteiger partial charge is 0.261 e. The Labute approximate surface area is 141 Å². The van der Waals surface area contributed by atoms with Gasteiger partial charge in [-0.1, -0.05) is 0 Å². The van der Waals surface area contributed by atoms with E-state index in [1.165, 1.54) is 0 Å². The average molecular weight is 328 g/mol. The highest BCUT2D eigenvalue weighted by Gasteiger charge is 2.43. The molecule has 1 aliphatic carbocycles. The fourth-order valence-corrected chi connectivity index (χ4v) is 3.21. The molecule has 6 heteroatoms. The van der Waals surface area contributed by atoms with Gasteiger partial charge in [0.15, 0.2) is 0 Å². The Balaban J connectivity index is 1.68. The molecule has 3 rings (SSSR count). The van der Waals surface area contributed by atoms with Crippen molar-refractivity contribution in [1.82, 2.24) is 20.1 Å². The van der Waals surface area contributed by atoms with Crippen molar-refractivity contribution in [2.45, 2.75) is 47.1 Å². The maximum atomic E-state index is 12.4. The van der Waals surface area contributed by atoms with Gasteiger partial charge >= 0.3 is 0 Å². The number of amides is 1. The number of aromatic amines is 1. The second-order valence-corrected chi connectivity index (χ2v) is 7.11. The van der Waals surface area contributed by atoms with E-state index < -0.39 is 0 Å². The maximum absolute atomic E-state index is 12.4. The highest BCUT2D eigenvalue weighted by Crippen LogP contribution is 2.46. The zero-order valence-corrected chi connectivity index (χ0v) is 14.7. The minimum Gasteiger partial charge on any atom is -0.351 e. The first kappa shape index (κ1) is 16.5. The van der Waals surface area contributed by atoms with Crippen LogP contribution in [0.15, 0.2) is 16.9 Å². The summed E-state index contributed by atoms with van der Waals surface area (Å²) >= 11 is 0. The molecular formula is C18H24N4O2. The van der Waals surface area contributed by atoms with Crippen LogP contribution >= 0.6 is 0 Å². The van der Waals surface area contributed by atoms with Crippen LogP contribution in [0.25, 0.3) is 0 Å². The lowest BCUT2D eigenvalue weighted by atomic mass is 10.1. The van der Waals surface area contributed by atoms with E-state index in [-0.39, 0.29) is 22.4 Å². The normalized spacial score (nSPS) is 15.3. The predicted octanol–water partition coefficient (Wildman–Crippen LogP) is 2.02. The highest BCUT2D eigenvalue weighted by molar-refractivity contribution is 5.95. The van der Waals surface area contributed by atoms with Gasteiger partial charge in [-0.15, -0.1) is 0 Å². The number of nitrogens with zero attached hydrogens (tertiary/aromatic N) is 2. The van der Waals surface area contributed by atoms with Crippen molar-refractivity contribution < 1.29 is 4.79 Å². The molecule has 0 atom stereocenters. The molecule has 0 bridgehead atoms. The van der Waals surface area contributed by atoms with Crippen LogP contribution in [-0.2, 0) is 6.54 Å². The molecule has 24 heavy (non-hydrogen) atoms. The molecule has 6 nitrogen and oxygen atoms in total. The van der Waals surface area contributed by atoms with E-state index in [4.69, 9.17) is 0 Å². The minimum atomic E-state index is -0.326. The van der Waals surface area contributed by atoms with E-state index in [1.807, 2.05) is 31.5 Å². The van der Waals surface area contributed by atoms with Gasteiger partial charge in [-0.05, 0) is 58.2 Å². The molecular weight excluding hydrogens is 304 g/mol. The Morgan fingerprint density at radius 2 is 2.00 bits per heavy atom. The largest absolute Gasteiger partial charge is 0.351 e. The summed E-state index contributed by atoms with van der Waals surface area (Å²) in [5.41, 5.74) is 3.56. The molecule has 0 unspecified atom stereocenters. The fourth-order valence-electron chi connectivity index (χ4n) is 3.21. The number of pyridine rings is 1. The highest BCUT2D eigenvalue weighted by atomic mass is 16.2. The first-order chi connectivity index (χ1) is 11.3. The number of carbonyl (C=O) groups excluding carboxylic acids is 1. The topological polar surface area (TPSA) is 79.8 Å². The molecule has 0 aromatic carbocycles. The molecule has 128 valence electrons. The summed E-state index contributed by atoms with van der Waals surface area (Å²) in [6.45, 7) is 9.00. The lowest BCUT2D eigenvalue weighted by Crippen LogP contribution is -2.36. The van der Waals surface area contributed by atoms with Crippen LogP contribution < -0.4 is 10.9 Å². The summed E-state index contributed by atoms with van der Waals surface area (Å²) in [5.74, 6) is -0.298. The number of aryl methyl sites for hydroxylation is 4. The molecule has 0 saturated heterocycles. The third-order valence-electron chi connectivity index (χ3n) is 4.76. The number of hydrogen-bond acceptors (Lipinski definition) is 3. The van der Waals surface area contributed by atoms with Gasteiger partial charge in [0.1, 0.15) is 5.56 Å². The molecule has 0 radical (unpaired) electrons. The molecule has 1 saturated carbocycles. The van der Waals surface area contributed by atoms with Crippen molar-refractivity contribution in [2.24, 2.45) is 5.41 Å². The summed E-state index contributed by atoms with van der Waals surface area (Å²) in [6.07, 6.45) is 2.13. The van der Waals surface area contributed by atoms with Crippen LogP contribution in [0.3, 0.4) is 0 Å². The van der Waals surface area contributed by atoms with Crippen LogP contribution in [-0.4, -0.2) is 27.2 Å². The van der Waals surface area contributed by atoms with Crippen LogP contribution in [0.2, 0.25) is 0 Å². The molecule has 1 aliphatic rings. The van der Waals surface area contributed by atoms with Crippen LogP contribution in [0, 0.1) is 33.1 Å². The van der Waals surface area contributed by atoms with Gasteiger partial charge in [0.2, 0.25) is 0 Å². The van der Waals surface area contributed by atoms with Gasteiger partial charge in [-0.3, -0.25) is 14.3 Å². The molecule has 2 aromatic rings.